The second-order valence-electron chi connectivity index (χ2n) is 4.44. The number of pyridine rings is 1. The maximum atomic E-state index is 12.2. The van der Waals surface area contributed by atoms with Crippen molar-refractivity contribution in [1.82, 2.24) is 10.3 Å². The molecule has 0 saturated heterocycles. The van der Waals surface area contributed by atoms with E-state index in [2.05, 4.69) is 10.3 Å². The summed E-state index contributed by atoms with van der Waals surface area (Å²) in [5.41, 5.74) is 6.98. The van der Waals surface area contributed by atoms with E-state index in [4.69, 9.17) is 10.5 Å². The Hall–Kier alpha value is -2.14. The van der Waals surface area contributed by atoms with Crippen molar-refractivity contribution in [2.24, 2.45) is 0 Å². The molecule has 2 aromatic rings. The Kier molecular flexibility index (Phi) is 3.97. The highest BCUT2D eigenvalue weighted by Gasteiger charge is 2.14. The summed E-state index contributed by atoms with van der Waals surface area (Å²) >= 11 is 0. The number of aromatic nitrogens is 1. The summed E-state index contributed by atoms with van der Waals surface area (Å²) in [7, 11) is 1.60. The summed E-state index contributed by atoms with van der Waals surface area (Å²) in [5, 5.41) is 3.66. The fourth-order valence-electron chi connectivity index (χ4n) is 1.98. The number of amides is 1. The zero-order chi connectivity index (χ0) is 13.8. The molecule has 0 saturated carbocycles. The van der Waals surface area contributed by atoms with Gasteiger partial charge in [0.15, 0.2) is 0 Å². The maximum Gasteiger partial charge on any atom is 0.252 e. The Bertz CT molecular complexity index is 598. The zero-order valence-corrected chi connectivity index (χ0v) is 11.0. The van der Waals surface area contributed by atoms with Crippen molar-refractivity contribution in [2.75, 3.05) is 19.5 Å². The summed E-state index contributed by atoms with van der Waals surface area (Å²) in [6.45, 7) is 2.35. The number of nitrogen functional groups attached to an aromatic ring is 1. The van der Waals surface area contributed by atoms with Crippen molar-refractivity contribution >= 4 is 22.6 Å². The molecule has 0 aliphatic heterocycles. The number of rotatable bonds is 4. The third-order valence-corrected chi connectivity index (χ3v) is 2.77. The molecule has 2 rings (SSSR count). The van der Waals surface area contributed by atoms with Gasteiger partial charge in [0.1, 0.15) is 5.82 Å². The van der Waals surface area contributed by atoms with Gasteiger partial charge in [0.2, 0.25) is 0 Å². The van der Waals surface area contributed by atoms with E-state index in [9.17, 15) is 4.79 Å². The first-order valence-corrected chi connectivity index (χ1v) is 6.07. The lowest BCUT2D eigenvalue weighted by molar-refractivity contribution is 0.0907. The molecule has 0 spiro atoms. The lowest BCUT2D eigenvalue weighted by Crippen LogP contribution is -2.35. The standard InChI is InChI=1S/C14H17N3O2/c1-9(8-19-2)16-14(18)11-7-13(15)17-12-6-4-3-5-10(11)12/h3-7,9H,8H2,1-2H3,(H2,15,17)(H,16,18). The predicted octanol–water partition coefficient (Wildman–Crippen LogP) is 1.58. The average Bonchev–Trinajstić information content (AvgIpc) is 2.37. The molecule has 0 aliphatic carbocycles. The number of fused-ring (bicyclic) bond motifs is 1. The fourth-order valence-corrected chi connectivity index (χ4v) is 1.98. The monoisotopic (exact) mass is 259 g/mol. The molecule has 1 amide bonds. The summed E-state index contributed by atoms with van der Waals surface area (Å²) in [6.07, 6.45) is 0. The van der Waals surface area contributed by atoms with Crippen LogP contribution in [0.5, 0.6) is 0 Å². The lowest BCUT2D eigenvalue weighted by atomic mass is 10.1. The van der Waals surface area contributed by atoms with Crippen LogP contribution in [0.1, 0.15) is 17.3 Å². The first-order chi connectivity index (χ1) is 9.11. The molecule has 0 fully saturated rings. The van der Waals surface area contributed by atoms with Crippen LogP contribution in [0.3, 0.4) is 0 Å². The van der Waals surface area contributed by atoms with E-state index >= 15 is 0 Å². The van der Waals surface area contributed by atoms with Gasteiger partial charge in [0, 0.05) is 18.5 Å². The Balaban J connectivity index is 2.36. The third kappa shape index (κ3) is 3.00. The summed E-state index contributed by atoms with van der Waals surface area (Å²) in [4.78, 5) is 16.5. The van der Waals surface area contributed by atoms with Crippen LogP contribution >= 0.6 is 0 Å². The second kappa shape index (κ2) is 5.67. The van der Waals surface area contributed by atoms with E-state index in [-0.39, 0.29) is 11.9 Å². The topological polar surface area (TPSA) is 77.2 Å². The lowest BCUT2D eigenvalue weighted by Gasteiger charge is -2.14. The Morgan fingerprint density at radius 2 is 2.21 bits per heavy atom. The minimum Gasteiger partial charge on any atom is -0.384 e. The molecule has 5 nitrogen and oxygen atoms in total. The highest BCUT2D eigenvalue weighted by Crippen LogP contribution is 2.19. The summed E-state index contributed by atoms with van der Waals surface area (Å²) in [5.74, 6) is 0.165. The number of nitrogens with zero attached hydrogens (tertiary/aromatic N) is 1. The van der Waals surface area contributed by atoms with Crippen molar-refractivity contribution in [3.63, 3.8) is 0 Å². The van der Waals surface area contributed by atoms with Gasteiger partial charge in [-0.15, -0.1) is 0 Å². The molecule has 3 N–H and O–H groups in total. The van der Waals surface area contributed by atoms with Crippen molar-refractivity contribution < 1.29 is 9.53 Å². The molecular formula is C14H17N3O2. The number of methoxy groups -OCH3 is 1. The highest BCUT2D eigenvalue weighted by molar-refractivity contribution is 6.06. The minimum atomic E-state index is -0.171. The molecule has 5 heteroatoms. The number of benzene rings is 1. The number of carbonyl (C=O) groups is 1. The molecule has 1 atom stereocenters. The van der Waals surface area contributed by atoms with Crippen molar-refractivity contribution in [1.29, 1.82) is 0 Å². The first-order valence-electron chi connectivity index (χ1n) is 6.07. The van der Waals surface area contributed by atoms with Gasteiger partial charge in [-0.05, 0) is 19.1 Å². The number of para-hydroxylation sites is 1. The molecule has 1 unspecified atom stereocenters. The molecule has 0 bridgehead atoms. The van der Waals surface area contributed by atoms with E-state index in [1.807, 2.05) is 31.2 Å². The van der Waals surface area contributed by atoms with Crippen LogP contribution in [-0.2, 0) is 4.74 Å². The number of hydrogen-bond donors (Lipinski definition) is 2. The normalized spacial score (nSPS) is 12.3. The number of carbonyl (C=O) groups excluding carboxylic acids is 1. The number of ether oxygens (including phenoxy) is 1. The highest BCUT2D eigenvalue weighted by atomic mass is 16.5. The molecule has 0 aliphatic rings. The van der Waals surface area contributed by atoms with Gasteiger partial charge >= 0.3 is 0 Å². The van der Waals surface area contributed by atoms with E-state index in [1.165, 1.54) is 0 Å². The molecule has 1 aromatic heterocycles. The van der Waals surface area contributed by atoms with Gasteiger partial charge in [0.05, 0.1) is 17.7 Å². The summed E-state index contributed by atoms with van der Waals surface area (Å²) < 4.78 is 5.00. The Morgan fingerprint density at radius 1 is 1.47 bits per heavy atom. The third-order valence-electron chi connectivity index (χ3n) is 2.77. The van der Waals surface area contributed by atoms with Crippen LogP contribution in [0.25, 0.3) is 10.9 Å². The Labute approximate surface area is 111 Å². The predicted molar refractivity (Wildman–Crippen MR) is 75.0 cm³/mol. The van der Waals surface area contributed by atoms with E-state index in [1.54, 1.807) is 13.2 Å². The number of hydrogen-bond acceptors (Lipinski definition) is 4. The van der Waals surface area contributed by atoms with E-state index < -0.39 is 0 Å². The second-order valence-corrected chi connectivity index (χ2v) is 4.44. The van der Waals surface area contributed by atoms with Gasteiger partial charge in [-0.2, -0.15) is 0 Å². The van der Waals surface area contributed by atoms with Crippen LogP contribution in [0.15, 0.2) is 30.3 Å². The van der Waals surface area contributed by atoms with Gasteiger partial charge in [0.25, 0.3) is 5.91 Å². The zero-order valence-electron chi connectivity index (χ0n) is 11.0. The van der Waals surface area contributed by atoms with E-state index in [0.29, 0.717) is 23.5 Å². The van der Waals surface area contributed by atoms with Crippen molar-refractivity contribution in [3.8, 4) is 0 Å². The number of nitrogens with one attached hydrogen (secondary N) is 1. The van der Waals surface area contributed by atoms with E-state index in [0.717, 1.165) is 5.39 Å². The largest absolute Gasteiger partial charge is 0.384 e. The molecular weight excluding hydrogens is 242 g/mol. The van der Waals surface area contributed by atoms with Crippen LogP contribution < -0.4 is 11.1 Å². The molecule has 19 heavy (non-hydrogen) atoms. The van der Waals surface area contributed by atoms with Crippen molar-refractivity contribution in [2.45, 2.75) is 13.0 Å². The fraction of sp³-hybridized carbons (Fsp3) is 0.286. The maximum absolute atomic E-state index is 12.2. The average molecular weight is 259 g/mol. The molecule has 1 aromatic carbocycles. The Morgan fingerprint density at radius 3 is 2.95 bits per heavy atom. The van der Waals surface area contributed by atoms with Crippen LogP contribution in [-0.4, -0.2) is 30.6 Å². The SMILES string of the molecule is COCC(C)NC(=O)c1cc(N)nc2ccccc12. The van der Waals surface area contributed by atoms with Crippen LogP contribution in [0.2, 0.25) is 0 Å². The van der Waals surface area contributed by atoms with Gasteiger partial charge in [-0.25, -0.2) is 4.98 Å². The van der Waals surface area contributed by atoms with Crippen LogP contribution in [0.4, 0.5) is 5.82 Å². The molecule has 1 heterocycles. The van der Waals surface area contributed by atoms with Gasteiger partial charge in [-0.1, -0.05) is 18.2 Å². The smallest absolute Gasteiger partial charge is 0.252 e. The number of nitrogens with two attached hydrogens (primary N) is 1. The van der Waals surface area contributed by atoms with Crippen molar-refractivity contribution in [3.05, 3.63) is 35.9 Å². The number of anilines is 1. The quantitative estimate of drug-likeness (QED) is 0.874. The van der Waals surface area contributed by atoms with Crippen LogP contribution in [0, 0.1) is 0 Å². The van der Waals surface area contributed by atoms with Gasteiger partial charge < -0.3 is 15.8 Å². The minimum absolute atomic E-state index is 0.0642. The molecule has 100 valence electrons. The first kappa shape index (κ1) is 13.3. The summed E-state index contributed by atoms with van der Waals surface area (Å²) in [6, 6.07) is 8.96. The molecule has 0 radical (unpaired) electrons. The van der Waals surface area contributed by atoms with Gasteiger partial charge in [-0.3, -0.25) is 4.79 Å².